The number of benzene rings is 1. The van der Waals surface area contributed by atoms with Crippen LogP contribution in [0.15, 0.2) is 12.1 Å². The minimum Gasteiger partial charge on any atom is -0.358 e. The molecule has 78 valence electrons. The van der Waals surface area contributed by atoms with Gasteiger partial charge in [0.05, 0.1) is 6.04 Å². The third-order valence-electron chi connectivity index (χ3n) is 1.91. The minimum atomic E-state index is -1.26. The highest BCUT2D eigenvalue weighted by Gasteiger charge is 2.13. The molecule has 0 aliphatic rings. The monoisotopic (exact) mass is 213 g/mol. The van der Waals surface area contributed by atoms with Gasteiger partial charge < -0.3 is 10.0 Å². The van der Waals surface area contributed by atoms with Crippen molar-refractivity contribution in [2.75, 3.05) is 0 Å². The maximum absolute atomic E-state index is 13.1. The number of halogens is 3. The molecular weight excluding hydrogens is 206 g/mol. The summed E-state index contributed by atoms with van der Waals surface area (Å²) in [5.41, 5.74) is -0.107. The largest absolute Gasteiger partial charge is 0.358 e. The molecule has 0 spiro atoms. The van der Waals surface area contributed by atoms with E-state index >= 15 is 0 Å². The lowest BCUT2D eigenvalue weighted by Crippen LogP contribution is -2.30. The Morgan fingerprint density at radius 1 is 1.27 bits per heavy atom. The van der Waals surface area contributed by atoms with E-state index in [1.54, 1.807) is 0 Å². The third-order valence-corrected chi connectivity index (χ3v) is 1.91. The van der Waals surface area contributed by atoms with E-state index in [2.05, 4.69) is 5.23 Å². The number of nitrogens with one attached hydrogen (secondary N) is 1. The summed E-state index contributed by atoms with van der Waals surface area (Å²) in [6.45, 7) is 0. The van der Waals surface area contributed by atoms with Crippen LogP contribution in [-0.4, -0.2) is 20.3 Å². The fraction of sp³-hybridized carbons (Fsp3) is 0.222. The zero-order valence-electron chi connectivity index (χ0n) is 7.64. The average Bonchev–Trinajstić information content (AvgIpc) is 2.21. The normalized spacial score (nSPS) is 12.5. The van der Waals surface area contributed by atoms with E-state index in [4.69, 9.17) is 7.98 Å². The molecule has 1 N–H and O–H groups in total. The summed E-state index contributed by atoms with van der Waals surface area (Å²) in [6, 6.07) is 0.311. The molecule has 0 aliphatic heterocycles. The van der Waals surface area contributed by atoms with E-state index in [9.17, 15) is 18.0 Å². The summed E-state index contributed by atoms with van der Waals surface area (Å²) in [7, 11) is 4.98. The number of rotatable bonds is 4. The molecule has 2 radical (unpaired) electrons. The second-order valence-electron chi connectivity index (χ2n) is 2.97. The Morgan fingerprint density at radius 3 is 2.40 bits per heavy atom. The number of hydrogen-bond acceptors (Lipinski definition) is 2. The molecule has 0 bridgehead atoms. The van der Waals surface area contributed by atoms with Crippen molar-refractivity contribution in [3.05, 3.63) is 35.1 Å². The fourth-order valence-electron chi connectivity index (χ4n) is 1.10. The van der Waals surface area contributed by atoms with Crippen LogP contribution in [0.25, 0.3) is 0 Å². The predicted octanol–water partition coefficient (Wildman–Crippen LogP) is 0.887. The van der Waals surface area contributed by atoms with Crippen LogP contribution in [0, 0.1) is 17.5 Å². The molecule has 1 rings (SSSR count). The number of carbonyl (C=O) groups is 1. The first-order chi connectivity index (χ1) is 7.08. The quantitative estimate of drug-likeness (QED) is 0.457. The second-order valence-corrected chi connectivity index (χ2v) is 2.97. The van der Waals surface area contributed by atoms with Gasteiger partial charge in [-0.25, -0.2) is 13.2 Å². The Labute approximate surface area is 85.9 Å². The van der Waals surface area contributed by atoms with Gasteiger partial charge in [0.25, 0.3) is 0 Å². The van der Waals surface area contributed by atoms with E-state index in [0.29, 0.717) is 18.4 Å². The van der Waals surface area contributed by atoms with Crippen LogP contribution < -0.4 is 5.23 Å². The van der Waals surface area contributed by atoms with E-state index in [0.717, 1.165) is 0 Å². The van der Waals surface area contributed by atoms with Crippen molar-refractivity contribution in [1.29, 1.82) is 0 Å². The van der Waals surface area contributed by atoms with Gasteiger partial charge in [-0.15, -0.1) is 0 Å². The maximum Gasteiger partial charge on any atom is 0.178 e. The van der Waals surface area contributed by atoms with Crippen molar-refractivity contribution >= 4 is 14.3 Å². The molecule has 1 atom stereocenters. The van der Waals surface area contributed by atoms with Crippen LogP contribution in [0.4, 0.5) is 13.2 Å². The second kappa shape index (κ2) is 4.98. The molecular formula is C9H7BF3NO. The summed E-state index contributed by atoms with van der Waals surface area (Å²) in [4.78, 5) is 10.4. The van der Waals surface area contributed by atoms with Gasteiger partial charge in [0, 0.05) is 6.07 Å². The third kappa shape index (κ3) is 2.82. The first-order valence-corrected chi connectivity index (χ1v) is 4.13. The van der Waals surface area contributed by atoms with Crippen molar-refractivity contribution in [1.82, 2.24) is 5.23 Å². The van der Waals surface area contributed by atoms with Crippen LogP contribution in [-0.2, 0) is 11.2 Å². The molecule has 1 aromatic carbocycles. The number of hydrogen-bond donors (Lipinski definition) is 1. The molecule has 0 fully saturated rings. The van der Waals surface area contributed by atoms with Gasteiger partial charge in [-0.2, -0.15) is 0 Å². The predicted molar refractivity (Wildman–Crippen MR) is 48.8 cm³/mol. The van der Waals surface area contributed by atoms with Crippen molar-refractivity contribution in [2.24, 2.45) is 0 Å². The average molecular weight is 213 g/mol. The van der Waals surface area contributed by atoms with Gasteiger partial charge in [-0.1, -0.05) is 0 Å². The highest BCUT2D eigenvalue weighted by molar-refractivity contribution is 6.05. The summed E-state index contributed by atoms with van der Waals surface area (Å²) in [5, 5.41) is 2.11. The lowest BCUT2D eigenvalue weighted by molar-refractivity contribution is -0.109. The Balaban J connectivity index is 2.94. The molecule has 0 unspecified atom stereocenters. The van der Waals surface area contributed by atoms with E-state index < -0.39 is 23.5 Å². The molecule has 15 heavy (non-hydrogen) atoms. The van der Waals surface area contributed by atoms with E-state index in [-0.39, 0.29) is 12.0 Å². The van der Waals surface area contributed by atoms with Gasteiger partial charge in [-0.05, 0) is 18.1 Å². The molecule has 0 amide bonds. The van der Waals surface area contributed by atoms with E-state index in [1.807, 2.05) is 0 Å². The highest BCUT2D eigenvalue weighted by atomic mass is 19.2. The van der Waals surface area contributed by atoms with Gasteiger partial charge in [0.1, 0.15) is 12.1 Å². The summed E-state index contributed by atoms with van der Waals surface area (Å²) in [5.74, 6) is -3.33. The van der Waals surface area contributed by atoms with Gasteiger partial charge in [-0.3, -0.25) is 0 Å². The number of aldehydes is 1. The lowest BCUT2D eigenvalue weighted by Gasteiger charge is -2.10. The minimum absolute atomic E-state index is 0.107. The van der Waals surface area contributed by atoms with Gasteiger partial charge in [0.2, 0.25) is 0 Å². The number of carbonyl (C=O) groups excluding carboxylic acids is 1. The summed E-state index contributed by atoms with van der Waals surface area (Å²) < 4.78 is 38.3. The first kappa shape index (κ1) is 11.8. The Bertz CT molecular complexity index is 373. The molecule has 6 heteroatoms. The zero-order chi connectivity index (χ0) is 11.4. The van der Waals surface area contributed by atoms with Crippen LogP contribution in [0.2, 0.25) is 0 Å². The Kier molecular flexibility index (Phi) is 3.91. The Hall–Kier alpha value is -1.30. The lowest BCUT2D eigenvalue weighted by atomic mass is 10.0. The van der Waals surface area contributed by atoms with Crippen molar-refractivity contribution in [3.63, 3.8) is 0 Å². The van der Waals surface area contributed by atoms with Crippen molar-refractivity contribution < 1.29 is 18.0 Å². The standard InChI is InChI=1S/C9H7BF3NO/c10-14-6(4-15)1-5-2-8(12)9(13)3-7(5)11/h2-4,6,14H,1H2/t6-/m1/s1. The van der Waals surface area contributed by atoms with Crippen molar-refractivity contribution in [3.8, 4) is 0 Å². The summed E-state index contributed by atoms with van der Waals surface area (Å²) >= 11 is 0. The van der Waals surface area contributed by atoms with Crippen LogP contribution in [0.1, 0.15) is 5.56 Å². The Morgan fingerprint density at radius 2 is 1.87 bits per heavy atom. The zero-order valence-corrected chi connectivity index (χ0v) is 7.64. The molecule has 1 aromatic rings. The van der Waals surface area contributed by atoms with Gasteiger partial charge in [0.15, 0.2) is 19.6 Å². The molecule has 0 saturated heterocycles. The first-order valence-electron chi connectivity index (χ1n) is 4.13. The molecule has 0 aliphatic carbocycles. The fourth-order valence-corrected chi connectivity index (χ4v) is 1.10. The molecule has 0 aromatic heterocycles. The topological polar surface area (TPSA) is 29.1 Å². The van der Waals surface area contributed by atoms with Crippen molar-refractivity contribution in [2.45, 2.75) is 12.5 Å². The van der Waals surface area contributed by atoms with Gasteiger partial charge >= 0.3 is 0 Å². The maximum atomic E-state index is 13.1. The van der Waals surface area contributed by atoms with E-state index in [1.165, 1.54) is 0 Å². The van der Waals surface area contributed by atoms with Crippen LogP contribution >= 0.6 is 0 Å². The summed E-state index contributed by atoms with van der Waals surface area (Å²) in [6.07, 6.45) is 0.323. The molecule has 0 heterocycles. The van der Waals surface area contributed by atoms with Crippen LogP contribution in [0.5, 0.6) is 0 Å². The smallest absolute Gasteiger partial charge is 0.178 e. The molecule has 0 saturated carbocycles. The SMILES string of the molecule is [B]N[C@@H](C=O)Cc1cc(F)c(F)cc1F. The molecule has 2 nitrogen and oxygen atoms in total. The highest BCUT2D eigenvalue weighted by Crippen LogP contribution is 2.14. The van der Waals surface area contributed by atoms with Crippen LogP contribution in [0.3, 0.4) is 0 Å².